The van der Waals surface area contributed by atoms with Crippen molar-refractivity contribution in [3.05, 3.63) is 82.5 Å². The first-order valence-electron chi connectivity index (χ1n) is 10.2. The van der Waals surface area contributed by atoms with Crippen LogP contribution in [-0.4, -0.2) is 30.8 Å². The molecule has 0 unspecified atom stereocenters. The van der Waals surface area contributed by atoms with Crippen LogP contribution >= 0.6 is 0 Å². The summed E-state index contributed by atoms with van der Waals surface area (Å²) in [6.45, 7) is 1.75. The van der Waals surface area contributed by atoms with Crippen molar-refractivity contribution in [1.82, 2.24) is 9.88 Å². The Morgan fingerprint density at radius 2 is 1.97 bits per heavy atom. The summed E-state index contributed by atoms with van der Waals surface area (Å²) < 4.78 is 22.5. The fraction of sp³-hybridized carbons (Fsp3) is 0.200. The molecule has 0 saturated heterocycles. The van der Waals surface area contributed by atoms with E-state index in [4.69, 9.17) is 18.6 Å². The summed E-state index contributed by atoms with van der Waals surface area (Å²) in [5.74, 6) is 1.92. The van der Waals surface area contributed by atoms with Gasteiger partial charge in [-0.1, -0.05) is 6.07 Å². The number of methoxy groups -OCH3 is 2. The van der Waals surface area contributed by atoms with E-state index in [1.54, 1.807) is 38.6 Å². The molecule has 0 fully saturated rings. The Hall–Kier alpha value is -3.84. The summed E-state index contributed by atoms with van der Waals surface area (Å²) in [4.78, 5) is 19.3. The van der Waals surface area contributed by atoms with E-state index < -0.39 is 5.63 Å². The van der Waals surface area contributed by atoms with Gasteiger partial charge in [0.15, 0.2) is 0 Å². The Balaban J connectivity index is 1.54. The Bertz CT molecular complexity index is 1330. The standard InChI is InChI=1S/C25H22N2O5/c1-29-18-6-7-19(23(11-18)30-2)20-10-17-5-8-22-21(24(17)32-25(20)28)14-27(15-31-22)13-16-4-3-9-26-12-16/h3-12H,13-15H2,1-2H3. The van der Waals surface area contributed by atoms with E-state index >= 15 is 0 Å². The lowest BCUT2D eigenvalue weighted by molar-refractivity contribution is 0.0889. The summed E-state index contributed by atoms with van der Waals surface area (Å²) in [6.07, 6.45) is 3.59. The van der Waals surface area contributed by atoms with Gasteiger partial charge in [-0.25, -0.2) is 4.79 Å². The van der Waals surface area contributed by atoms with Crippen molar-refractivity contribution in [2.45, 2.75) is 13.1 Å². The molecule has 32 heavy (non-hydrogen) atoms. The van der Waals surface area contributed by atoms with E-state index in [2.05, 4.69) is 9.88 Å². The third-order valence-electron chi connectivity index (χ3n) is 5.57. The van der Waals surface area contributed by atoms with Crippen LogP contribution in [-0.2, 0) is 13.1 Å². The molecule has 0 aliphatic carbocycles. The molecule has 0 atom stereocenters. The van der Waals surface area contributed by atoms with Gasteiger partial charge in [-0.2, -0.15) is 0 Å². The predicted molar refractivity (Wildman–Crippen MR) is 120 cm³/mol. The molecule has 7 nitrogen and oxygen atoms in total. The number of rotatable bonds is 5. The van der Waals surface area contributed by atoms with E-state index in [1.807, 2.05) is 36.5 Å². The van der Waals surface area contributed by atoms with Crippen molar-refractivity contribution >= 4 is 11.0 Å². The first-order valence-corrected chi connectivity index (χ1v) is 10.2. The monoisotopic (exact) mass is 430 g/mol. The van der Waals surface area contributed by atoms with Gasteiger partial charge < -0.3 is 18.6 Å². The smallest absolute Gasteiger partial charge is 0.344 e. The van der Waals surface area contributed by atoms with Gasteiger partial charge in [0.2, 0.25) is 0 Å². The predicted octanol–water partition coefficient (Wildman–Crippen LogP) is 4.22. The van der Waals surface area contributed by atoms with Gasteiger partial charge in [-0.05, 0) is 42.0 Å². The second-order valence-corrected chi connectivity index (χ2v) is 7.60. The minimum absolute atomic E-state index is 0.431. The van der Waals surface area contributed by atoms with Crippen LogP contribution in [0, 0.1) is 0 Å². The highest BCUT2D eigenvalue weighted by atomic mass is 16.5. The second-order valence-electron chi connectivity index (χ2n) is 7.60. The Morgan fingerprint density at radius 1 is 1.06 bits per heavy atom. The molecule has 0 N–H and O–H groups in total. The van der Waals surface area contributed by atoms with Crippen molar-refractivity contribution in [2.75, 3.05) is 21.0 Å². The maximum absolute atomic E-state index is 13.0. The number of nitrogens with zero attached hydrogens (tertiary/aromatic N) is 2. The molecule has 0 radical (unpaired) electrons. The summed E-state index contributed by atoms with van der Waals surface area (Å²) >= 11 is 0. The highest BCUT2D eigenvalue weighted by Crippen LogP contribution is 2.36. The minimum atomic E-state index is -0.432. The molecule has 3 heterocycles. The molecule has 1 aliphatic rings. The van der Waals surface area contributed by atoms with Gasteiger partial charge in [-0.3, -0.25) is 9.88 Å². The average Bonchev–Trinajstić information content (AvgIpc) is 2.84. The van der Waals surface area contributed by atoms with Crippen LogP contribution in [0.5, 0.6) is 17.2 Å². The summed E-state index contributed by atoms with van der Waals surface area (Å²) in [5, 5.41) is 0.822. The minimum Gasteiger partial charge on any atom is -0.497 e. The van der Waals surface area contributed by atoms with Crippen LogP contribution in [0.4, 0.5) is 0 Å². The maximum atomic E-state index is 13.0. The zero-order valence-electron chi connectivity index (χ0n) is 17.8. The number of pyridine rings is 1. The molecule has 0 spiro atoms. The molecular formula is C25H22N2O5. The first kappa shape index (κ1) is 20.1. The molecule has 2 aromatic heterocycles. The van der Waals surface area contributed by atoms with Crippen LogP contribution in [0.3, 0.4) is 0 Å². The largest absolute Gasteiger partial charge is 0.497 e. The van der Waals surface area contributed by atoms with Gasteiger partial charge in [0.25, 0.3) is 0 Å². The number of benzene rings is 2. The third-order valence-corrected chi connectivity index (χ3v) is 5.57. The van der Waals surface area contributed by atoms with Crippen molar-refractivity contribution in [2.24, 2.45) is 0 Å². The molecule has 7 heteroatoms. The molecule has 1 aliphatic heterocycles. The van der Waals surface area contributed by atoms with Gasteiger partial charge in [0.1, 0.15) is 29.6 Å². The van der Waals surface area contributed by atoms with Crippen molar-refractivity contribution in [3.8, 4) is 28.4 Å². The maximum Gasteiger partial charge on any atom is 0.344 e. The summed E-state index contributed by atoms with van der Waals surface area (Å²) in [5.41, 5.74) is 3.15. The Kier molecular flexibility index (Phi) is 5.25. The molecular weight excluding hydrogens is 408 g/mol. The zero-order valence-corrected chi connectivity index (χ0v) is 17.8. The van der Waals surface area contributed by atoms with Crippen LogP contribution in [0.15, 0.2) is 70.1 Å². The average molecular weight is 430 g/mol. The summed E-state index contributed by atoms with van der Waals surface area (Å²) in [7, 11) is 3.15. The van der Waals surface area contributed by atoms with Crippen LogP contribution < -0.4 is 19.8 Å². The fourth-order valence-corrected chi connectivity index (χ4v) is 4.00. The molecule has 162 valence electrons. The van der Waals surface area contributed by atoms with E-state index in [0.29, 0.717) is 48.0 Å². The topological polar surface area (TPSA) is 74.0 Å². The number of aromatic nitrogens is 1. The van der Waals surface area contributed by atoms with Crippen molar-refractivity contribution < 1.29 is 18.6 Å². The Morgan fingerprint density at radius 3 is 2.75 bits per heavy atom. The molecule has 2 aromatic carbocycles. The lowest BCUT2D eigenvalue weighted by Crippen LogP contribution is -2.31. The lowest BCUT2D eigenvalue weighted by Gasteiger charge is -2.29. The normalized spacial score (nSPS) is 13.4. The van der Waals surface area contributed by atoms with Gasteiger partial charge in [0.05, 0.1) is 25.3 Å². The molecule has 5 rings (SSSR count). The summed E-state index contributed by atoms with van der Waals surface area (Å²) in [6, 6.07) is 15.0. The number of ether oxygens (including phenoxy) is 3. The van der Waals surface area contributed by atoms with E-state index in [1.165, 1.54) is 0 Å². The molecule has 4 aromatic rings. The van der Waals surface area contributed by atoms with Crippen molar-refractivity contribution in [3.63, 3.8) is 0 Å². The second kappa shape index (κ2) is 8.36. The first-order chi connectivity index (χ1) is 15.7. The van der Waals surface area contributed by atoms with E-state index in [-0.39, 0.29) is 0 Å². The lowest BCUT2D eigenvalue weighted by atomic mass is 10.0. The quantitative estimate of drug-likeness (QED) is 0.439. The van der Waals surface area contributed by atoms with Crippen LogP contribution in [0.1, 0.15) is 11.1 Å². The van der Waals surface area contributed by atoms with Gasteiger partial charge in [0, 0.05) is 42.5 Å². The van der Waals surface area contributed by atoms with Crippen molar-refractivity contribution in [1.29, 1.82) is 0 Å². The van der Waals surface area contributed by atoms with Gasteiger partial charge >= 0.3 is 5.63 Å². The van der Waals surface area contributed by atoms with Crippen LogP contribution in [0.25, 0.3) is 22.1 Å². The SMILES string of the molecule is COc1ccc(-c2cc3ccc4c(c3oc2=O)CN(Cc2cccnc2)CO4)c(OC)c1. The fourth-order valence-electron chi connectivity index (χ4n) is 4.00. The molecule has 0 amide bonds. The van der Waals surface area contributed by atoms with Gasteiger partial charge in [-0.15, -0.1) is 0 Å². The zero-order chi connectivity index (χ0) is 22.1. The van der Waals surface area contributed by atoms with E-state index in [0.717, 1.165) is 22.3 Å². The third kappa shape index (κ3) is 3.67. The number of fused-ring (bicyclic) bond motifs is 3. The van der Waals surface area contributed by atoms with E-state index in [9.17, 15) is 4.79 Å². The highest BCUT2D eigenvalue weighted by Gasteiger charge is 2.23. The highest BCUT2D eigenvalue weighted by molar-refractivity contribution is 5.87. The van der Waals surface area contributed by atoms with Crippen LogP contribution in [0.2, 0.25) is 0 Å². The molecule has 0 saturated carbocycles. The number of hydrogen-bond donors (Lipinski definition) is 0. The number of hydrogen-bond acceptors (Lipinski definition) is 7. The Labute approximate surface area is 184 Å². The molecule has 0 bridgehead atoms.